The maximum atomic E-state index is 12.5. The second kappa shape index (κ2) is 8.29. The largest absolute Gasteiger partial charge is 0.317 e. The number of rotatable bonds is 8. The molecule has 0 aliphatic carbocycles. The summed E-state index contributed by atoms with van der Waals surface area (Å²) in [4.78, 5) is 2.20. The number of nitrogens with zero attached hydrogens (tertiary/aromatic N) is 3. The van der Waals surface area contributed by atoms with Gasteiger partial charge in [0.2, 0.25) is 0 Å². The van der Waals surface area contributed by atoms with Crippen LogP contribution in [0.15, 0.2) is 0 Å². The van der Waals surface area contributed by atoms with Crippen molar-refractivity contribution < 1.29 is 8.42 Å². The fourth-order valence-electron chi connectivity index (χ4n) is 2.27. The molecule has 1 saturated heterocycles. The third-order valence-electron chi connectivity index (χ3n) is 3.90. The van der Waals surface area contributed by atoms with Gasteiger partial charge < -0.3 is 10.2 Å². The second-order valence-corrected chi connectivity index (χ2v) is 7.66. The summed E-state index contributed by atoms with van der Waals surface area (Å²) in [5.74, 6) is 0. The minimum atomic E-state index is -3.30. The minimum Gasteiger partial charge on any atom is -0.317 e. The maximum Gasteiger partial charge on any atom is 0.281 e. The predicted octanol–water partition coefficient (Wildman–Crippen LogP) is 0.189. The monoisotopic (exact) mass is 306 g/mol. The van der Waals surface area contributed by atoms with E-state index < -0.39 is 10.2 Å². The highest BCUT2D eigenvalue weighted by Gasteiger charge is 2.31. The summed E-state index contributed by atoms with van der Waals surface area (Å²) in [5, 5.41) is 3.29. The molecule has 0 spiro atoms. The van der Waals surface area contributed by atoms with Crippen molar-refractivity contribution in [2.75, 3.05) is 53.4 Å². The van der Waals surface area contributed by atoms with Gasteiger partial charge in [-0.1, -0.05) is 6.92 Å². The van der Waals surface area contributed by atoms with E-state index in [1.54, 1.807) is 11.4 Å². The second-order valence-electron chi connectivity index (χ2n) is 5.62. The SMILES string of the molecule is CCCNCCCN(C)S(=O)(=O)N1CCN(C)C(C)C1. The van der Waals surface area contributed by atoms with E-state index in [9.17, 15) is 8.42 Å². The summed E-state index contributed by atoms with van der Waals surface area (Å²) < 4.78 is 28.0. The van der Waals surface area contributed by atoms with Crippen LogP contribution in [0.5, 0.6) is 0 Å². The van der Waals surface area contributed by atoms with Crippen molar-refractivity contribution in [3.8, 4) is 0 Å². The first-order valence-corrected chi connectivity index (χ1v) is 8.91. The first kappa shape index (κ1) is 17.8. The van der Waals surface area contributed by atoms with Crippen LogP contribution >= 0.6 is 0 Å². The van der Waals surface area contributed by atoms with E-state index in [2.05, 4.69) is 24.1 Å². The van der Waals surface area contributed by atoms with Crippen LogP contribution in [0, 0.1) is 0 Å². The summed E-state index contributed by atoms with van der Waals surface area (Å²) in [6.07, 6.45) is 1.95. The maximum absolute atomic E-state index is 12.5. The van der Waals surface area contributed by atoms with Gasteiger partial charge >= 0.3 is 0 Å². The topological polar surface area (TPSA) is 55.9 Å². The lowest BCUT2D eigenvalue weighted by atomic mass is 10.2. The Morgan fingerprint density at radius 1 is 1.30 bits per heavy atom. The summed E-state index contributed by atoms with van der Waals surface area (Å²) in [6.45, 7) is 8.58. The van der Waals surface area contributed by atoms with Crippen molar-refractivity contribution in [1.29, 1.82) is 0 Å². The third kappa shape index (κ3) is 4.96. The summed E-state index contributed by atoms with van der Waals surface area (Å²) in [7, 11) is 0.419. The highest BCUT2D eigenvalue weighted by Crippen LogP contribution is 2.14. The van der Waals surface area contributed by atoms with Gasteiger partial charge in [-0.25, -0.2) is 0 Å². The summed E-state index contributed by atoms with van der Waals surface area (Å²) in [6, 6.07) is 0.276. The normalized spacial score (nSPS) is 22.6. The van der Waals surface area contributed by atoms with Gasteiger partial charge in [-0.05, 0) is 39.9 Å². The lowest BCUT2D eigenvalue weighted by Gasteiger charge is -2.38. The molecule has 6 nitrogen and oxygen atoms in total. The number of nitrogens with one attached hydrogen (secondary N) is 1. The van der Waals surface area contributed by atoms with E-state index in [1.165, 1.54) is 4.31 Å². The van der Waals surface area contributed by atoms with Crippen molar-refractivity contribution in [2.24, 2.45) is 0 Å². The molecular weight excluding hydrogens is 276 g/mol. The Hall–Kier alpha value is -0.210. The van der Waals surface area contributed by atoms with E-state index in [4.69, 9.17) is 0 Å². The van der Waals surface area contributed by atoms with Gasteiger partial charge in [0.1, 0.15) is 0 Å². The number of hydrogen-bond acceptors (Lipinski definition) is 4. The molecule has 1 unspecified atom stereocenters. The first-order valence-electron chi connectivity index (χ1n) is 7.52. The number of likely N-dealkylation sites (N-methyl/N-ethyl adjacent to an activating group) is 1. The Bertz CT molecular complexity index is 375. The predicted molar refractivity (Wildman–Crippen MR) is 83.0 cm³/mol. The lowest BCUT2D eigenvalue weighted by molar-refractivity contribution is 0.154. The molecule has 1 heterocycles. The van der Waals surface area contributed by atoms with Gasteiger partial charge in [0, 0.05) is 39.3 Å². The molecule has 1 atom stereocenters. The molecule has 120 valence electrons. The Kier molecular flexibility index (Phi) is 7.39. The fourth-order valence-corrected chi connectivity index (χ4v) is 3.74. The van der Waals surface area contributed by atoms with Gasteiger partial charge in [-0.3, -0.25) is 0 Å². The molecule has 1 fully saturated rings. The zero-order valence-corrected chi connectivity index (χ0v) is 14.1. The van der Waals surface area contributed by atoms with Crippen molar-refractivity contribution in [2.45, 2.75) is 32.7 Å². The average molecular weight is 306 g/mol. The van der Waals surface area contributed by atoms with Crippen LogP contribution < -0.4 is 5.32 Å². The molecule has 0 radical (unpaired) electrons. The van der Waals surface area contributed by atoms with Crippen LogP contribution in [-0.2, 0) is 10.2 Å². The van der Waals surface area contributed by atoms with Crippen molar-refractivity contribution in [3.63, 3.8) is 0 Å². The third-order valence-corrected chi connectivity index (χ3v) is 5.85. The minimum absolute atomic E-state index is 0.276. The lowest BCUT2D eigenvalue weighted by Crippen LogP contribution is -2.55. The molecule has 1 aliphatic rings. The van der Waals surface area contributed by atoms with E-state index >= 15 is 0 Å². The highest BCUT2D eigenvalue weighted by molar-refractivity contribution is 7.86. The zero-order chi connectivity index (χ0) is 15.2. The van der Waals surface area contributed by atoms with Crippen LogP contribution in [0.2, 0.25) is 0 Å². The number of hydrogen-bond donors (Lipinski definition) is 1. The Morgan fingerprint density at radius 3 is 2.60 bits per heavy atom. The quantitative estimate of drug-likeness (QED) is 0.651. The zero-order valence-electron chi connectivity index (χ0n) is 13.3. The van der Waals surface area contributed by atoms with Gasteiger partial charge in [0.05, 0.1) is 0 Å². The molecule has 0 aromatic rings. The fraction of sp³-hybridized carbons (Fsp3) is 1.00. The summed E-state index contributed by atoms with van der Waals surface area (Å²) >= 11 is 0. The Labute approximate surface area is 124 Å². The molecular formula is C13H30N4O2S. The van der Waals surface area contributed by atoms with Crippen molar-refractivity contribution >= 4 is 10.2 Å². The molecule has 1 aliphatic heterocycles. The number of piperazine rings is 1. The van der Waals surface area contributed by atoms with Crippen LogP contribution in [-0.4, -0.2) is 81.3 Å². The molecule has 1 N–H and O–H groups in total. The van der Waals surface area contributed by atoms with Gasteiger partial charge in [-0.2, -0.15) is 17.0 Å². The molecule has 7 heteroatoms. The van der Waals surface area contributed by atoms with Crippen LogP contribution in [0.3, 0.4) is 0 Å². The van der Waals surface area contributed by atoms with E-state index in [0.29, 0.717) is 19.6 Å². The summed E-state index contributed by atoms with van der Waals surface area (Å²) in [5.41, 5.74) is 0. The van der Waals surface area contributed by atoms with Crippen LogP contribution in [0.1, 0.15) is 26.7 Å². The molecule has 0 bridgehead atoms. The Morgan fingerprint density at radius 2 is 2.00 bits per heavy atom. The Balaban J connectivity index is 2.42. The molecule has 0 saturated carbocycles. The van der Waals surface area contributed by atoms with Crippen LogP contribution in [0.4, 0.5) is 0 Å². The van der Waals surface area contributed by atoms with E-state index in [1.807, 2.05) is 7.05 Å². The van der Waals surface area contributed by atoms with Gasteiger partial charge in [-0.15, -0.1) is 0 Å². The van der Waals surface area contributed by atoms with Gasteiger partial charge in [0.25, 0.3) is 10.2 Å². The molecule has 0 aromatic heterocycles. The van der Waals surface area contributed by atoms with Gasteiger partial charge in [0.15, 0.2) is 0 Å². The smallest absolute Gasteiger partial charge is 0.281 e. The standard InChI is InChI=1S/C13H30N4O2S/c1-5-7-14-8-6-9-16(4)20(18,19)17-11-10-15(3)13(2)12-17/h13-14H,5-12H2,1-4H3. The van der Waals surface area contributed by atoms with E-state index in [-0.39, 0.29) is 6.04 Å². The highest BCUT2D eigenvalue weighted by atomic mass is 32.2. The molecule has 1 rings (SSSR count). The first-order chi connectivity index (χ1) is 9.39. The average Bonchev–Trinajstić information content (AvgIpc) is 2.41. The van der Waals surface area contributed by atoms with Crippen molar-refractivity contribution in [3.05, 3.63) is 0 Å². The molecule has 20 heavy (non-hydrogen) atoms. The molecule has 0 aromatic carbocycles. The molecule has 0 amide bonds. The van der Waals surface area contributed by atoms with E-state index in [0.717, 1.165) is 32.5 Å². The van der Waals surface area contributed by atoms with Crippen molar-refractivity contribution in [1.82, 2.24) is 18.8 Å². The van der Waals surface area contributed by atoms with Crippen LogP contribution in [0.25, 0.3) is 0 Å².